The number of rotatable bonds is 4. The summed E-state index contributed by atoms with van der Waals surface area (Å²) in [6.07, 6.45) is 4.04. The average molecular weight is 273 g/mol. The molecule has 1 aromatic heterocycles. The van der Waals surface area contributed by atoms with E-state index >= 15 is 0 Å². The molecule has 0 radical (unpaired) electrons. The molecule has 1 unspecified atom stereocenters. The van der Waals surface area contributed by atoms with Gasteiger partial charge in [-0.15, -0.1) is 0 Å². The van der Waals surface area contributed by atoms with Gasteiger partial charge >= 0.3 is 0 Å². The molecule has 1 aliphatic carbocycles. The minimum absolute atomic E-state index is 0.496. The van der Waals surface area contributed by atoms with Crippen LogP contribution in [0, 0.1) is 5.92 Å². The number of nitrogens with two attached hydrogens (primary N) is 1. The number of hydrogen-bond acceptors (Lipinski definition) is 4. The Morgan fingerprint density at radius 3 is 2.68 bits per heavy atom. The number of benzene rings is 1. The standard InChI is InChI=1S/C15H19N3S/c1-10(11-8-5-9-11)17-15-13(14(16)18-19-15)12-6-3-2-4-7-12/h2-4,6-7,10-11,17H,5,8-9H2,1H3,(H2,16,18). The number of nitrogens with zero attached hydrogens (tertiary/aromatic N) is 1. The van der Waals surface area contributed by atoms with Gasteiger partial charge in [0.15, 0.2) is 0 Å². The Morgan fingerprint density at radius 2 is 2.05 bits per heavy atom. The maximum Gasteiger partial charge on any atom is 0.147 e. The first-order valence-corrected chi connectivity index (χ1v) is 7.60. The summed E-state index contributed by atoms with van der Waals surface area (Å²) < 4.78 is 4.31. The van der Waals surface area contributed by atoms with Gasteiger partial charge in [0.1, 0.15) is 10.8 Å². The summed E-state index contributed by atoms with van der Waals surface area (Å²) >= 11 is 1.47. The monoisotopic (exact) mass is 273 g/mol. The van der Waals surface area contributed by atoms with Crippen molar-refractivity contribution >= 4 is 22.4 Å². The topological polar surface area (TPSA) is 50.9 Å². The van der Waals surface area contributed by atoms with E-state index in [-0.39, 0.29) is 0 Å². The third-order valence-corrected chi connectivity index (χ3v) is 4.79. The van der Waals surface area contributed by atoms with Gasteiger partial charge in [-0.05, 0) is 42.8 Å². The lowest BCUT2D eigenvalue weighted by molar-refractivity contribution is 0.285. The van der Waals surface area contributed by atoms with Gasteiger partial charge in [0, 0.05) is 6.04 Å². The van der Waals surface area contributed by atoms with Gasteiger partial charge in [0.25, 0.3) is 0 Å². The molecule has 3 N–H and O–H groups in total. The number of nitrogen functional groups attached to an aromatic ring is 1. The normalized spacial score (nSPS) is 16.9. The third-order valence-electron chi connectivity index (χ3n) is 4.00. The predicted octanol–water partition coefficient (Wildman–Crippen LogP) is 3.99. The van der Waals surface area contributed by atoms with E-state index in [9.17, 15) is 0 Å². The predicted molar refractivity (Wildman–Crippen MR) is 82.4 cm³/mol. The van der Waals surface area contributed by atoms with Crippen LogP contribution in [0.15, 0.2) is 30.3 Å². The second-order valence-electron chi connectivity index (χ2n) is 5.26. The van der Waals surface area contributed by atoms with Gasteiger partial charge in [0.2, 0.25) is 0 Å². The van der Waals surface area contributed by atoms with Crippen LogP contribution < -0.4 is 11.1 Å². The van der Waals surface area contributed by atoms with Crippen molar-refractivity contribution in [1.29, 1.82) is 0 Å². The van der Waals surface area contributed by atoms with E-state index in [1.165, 1.54) is 30.8 Å². The van der Waals surface area contributed by atoms with Crippen molar-refractivity contribution in [2.75, 3.05) is 11.1 Å². The highest BCUT2D eigenvalue weighted by atomic mass is 32.1. The van der Waals surface area contributed by atoms with E-state index in [1.54, 1.807) is 0 Å². The van der Waals surface area contributed by atoms with E-state index in [1.807, 2.05) is 18.2 Å². The van der Waals surface area contributed by atoms with Gasteiger partial charge in [-0.2, -0.15) is 4.37 Å². The molecule has 4 heteroatoms. The Hall–Kier alpha value is -1.55. The summed E-state index contributed by atoms with van der Waals surface area (Å²) in [4.78, 5) is 0. The van der Waals surface area contributed by atoms with Gasteiger partial charge in [-0.3, -0.25) is 0 Å². The molecule has 1 atom stereocenters. The summed E-state index contributed by atoms with van der Waals surface area (Å²) in [5, 5.41) is 4.71. The van der Waals surface area contributed by atoms with Gasteiger partial charge in [-0.25, -0.2) is 0 Å². The molecule has 0 aliphatic heterocycles. The molecule has 100 valence electrons. The van der Waals surface area contributed by atoms with Crippen LogP contribution in [-0.2, 0) is 0 Å². The quantitative estimate of drug-likeness (QED) is 0.885. The summed E-state index contributed by atoms with van der Waals surface area (Å²) in [6.45, 7) is 2.26. The maximum absolute atomic E-state index is 6.03. The molecule has 0 bridgehead atoms. The first-order valence-electron chi connectivity index (χ1n) is 6.83. The highest BCUT2D eigenvalue weighted by Gasteiger charge is 2.25. The zero-order chi connectivity index (χ0) is 13.2. The Balaban J connectivity index is 1.86. The van der Waals surface area contributed by atoms with Crippen molar-refractivity contribution in [1.82, 2.24) is 4.37 Å². The molecule has 1 saturated carbocycles. The molecule has 3 rings (SSSR count). The fourth-order valence-electron chi connectivity index (χ4n) is 2.55. The third kappa shape index (κ3) is 2.45. The Bertz CT molecular complexity index is 546. The largest absolute Gasteiger partial charge is 0.382 e. The van der Waals surface area contributed by atoms with Gasteiger partial charge in [-0.1, -0.05) is 36.8 Å². The molecule has 0 saturated heterocycles. The lowest BCUT2D eigenvalue weighted by Gasteiger charge is -2.32. The van der Waals surface area contributed by atoms with Crippen molar-refractivity contribution in [3.63, 3.8) is 0 Å². The second-order valence-corrected chi connectivity index (χ2v) is 6.04. The molecule has 0 spiro atoms. The van der Waals surface area contributed by atoms with E-state index < -0.39 is 0 Å². The van der Waals surface area contributed by atoms with E-state index in [4.69, 9.17) is 5.73 Å². The van der Waals surface area contributed by atoms with Crippen LogP contribution in [0.25, 0.3) is 11.1 Å². The molecule has 2 aromatic rings. The Morgan fingerprint density at radius 1 is 1.32 bits per heavy atom. The van der Waals surface area contributed by atoms with Crippen molar-refractivity contribution < 1.29 is 0 Å². The summed E-state index contributed by atoms with van der Waals surface area (Å²) in [5.74, 6) is 1.42. The summed E-state index contributed by atoms with van der Waals surface area (Å²) in [7, 11) is 0. The number of anilines is 2. The molecule has 3 nitrogen and oxygen atoms in total. The average Bonchev–Trinajstić information content (AvgIpc) is 2.69. The highest BCUT2D eigenvalue weighted by Crippen LogP contribution is 2.39. The molecular weight excluding hydrogens is 254 g/mol. The van der Waals surface area contributed by atoms with E-state index in [0.29, 0.717) is 11.9 Å². The smallest absolute Gasteiger partial charge is 0.147 e. The van der Waals surface area contributed by atoms with Crippen molar-refractivity contribution in [3.05, 3.63) is 30.3 Å². The summed E-state index contributed by atoms with van der Waals surface area (Å²) in [5.41, 5.74) is 8.22. The lowest BCUT2D eigenvalue weighted by atomic mass is 9.80. The second kappa shape index (κ2) is 5.21. The molecule has 1 aromatic carbocycles. The minimum Gasteiger partial charge on any atom is -0.382 e. The SMILES string of the molecule is CC(Nc1snc(N)c1-c1ccccc1)C1CCC1. The summed E-state index contributed by atoms with van der Waals surface area (Å²) in [6, 6.07) is 10.7. The molecule has 19 heavy (non-hydrogen) atoms. The van der Waals surface area contributed by atoms with Gasteiger partial charge in [0.05, 0.1) is 5.56 Å². The van der Waals surface area contributed by atoms with Crippen molar-refractivity contribution in [3.8, 4) is 11.1 Å². The van der Waals surface area contributed by atoms with Crippen molar-refractivity contribution in [2.24, 2.45) is 5.92 Å². The highest BCUT2D eigenvalue weighted by molar-refractivity contribution is 7.11. The van der Waals surface area contributed by atoms with E-state index in [0.717, 1.165) is 22.0 Å². The first-order chi connectivity index (χ1) is 9.25. The lowest BCUT2D eigenvalue weighted by Crippen LogP contribution is -2.30. The van der Waals surface area contributed by atoms with Crippen molar-refractivity contribution in [2.45, 2.75) is 32.2 Å². The first kappa shape index (κ1) is 12.5. The molecule has 1 aliphatic rings. The van der Waals surface area contributed by atoms with Crippen LogP contribution in [0.5, 0.6) is 0 Å². The molecule has 1 heterocycles. The molecule has 0 amide bonds. The maximum atomic E-state index is 6.03. The fraction of sp³-hybridized carbons (Fsp3) is 0.400. The van der Waals surface area contributed by atoms with E-state index in [2.05, 4.69) is 28.7 Å². The van der Waals surface area contributed by atoms with Crippen LogP contribution in [-0.4, -0.2) is 10.4 Å². The Kier molecular flexibility index (Phi) is 3.42. The zero-order valence-electron chi connectivity index (χ0n) is 11.1. The number of aromatic nitrogens is 1. The minimum atomic E-state index is 0.496. The zero-order valence-corrected chi connectivity index (χ0v) is 11.9. The molecular formula is C15H19N3S. The van der Waals surface area contributed by atoms with Crippen LogP contribution in [0.2, 0.25) is 0 Å². The van der Waals surface area contributed by atoms with Crippen LogP contribution >= 0.6 is 11.5 Å². The Labute approximate surface area is 118 Å². The fourth-order valence-corrected chi connectivity index (χ4v) is 3.38. The molecule has 1 fully saturated rings. The van der Waals surface area contributed by atoms with Crippen LogP contribution in [0.4, 0.5) is 10.8 Å². The van der Waals surface area contributed by atoms with Crippen LogP contribution in [0.3, 0.4) is 0 Å². The number of nitrogens with one attached hydrogen (secondary N) is 1. The number of hydrogen-bond donors (Lipinski definition) is 2. The van der Waals surface area contributed by atoms with Gasteiger partial charge < -0.3 is 11.1 Å². The van der Waals surface area contributed by atoms with Crippen LogP contribution in [0.1, 0.15) is 26.2 Å².